The predicted molar refractivity (Wildman–Crippen MR) is 208 cm³/mol. The van der Waals surface area contributed by atoms with Crippen LogP contribution in [0.2, 0.25) is 0 Å². The van der Waals surface area contributed by atoms with E-state index in [1.807, 2.05) is 41.5 Å². The van der Waals surface area contributed by atoms with Crippen molar-refractivity contribution in [1.82, 2.24) is 10.6 Å². The number of hydrogen-bond acceptors (Lipinski definition) is 4. The summed E-state index contributed by atoms with van der Waals surface area (Å²) in [6.07, 6.45) is 31.4. The highest BCUT2D eigenvalue weighted by Gasteiger charge is 2.47. The zero-order valence-electron chi connectivity index (χ0n) is 34.0. The lowest BCUT2D eigenvalue weighted by Gasteiger charge is -2.35. The van der Waals surface area contributed by atoms with E-state index in [4.69, 9.17) is 9.47 Å². The Morgan fingerprint density at radius 1 is 0.469 bits per heavy atom. The highest BCUT2D eigenvalue weighted by molar-refractivity contribution is 5.70. The third-order valence-corrected chi connectivity index (χ3v) is 10.0. The van der Waals surface area contributed by atoms with Crippen LogP contribution in [-0.4, -0.2) is 66.1 Å². The number of nitrogens with one attached hydrogen (secondary N) is 2. The molecule has 0 aromatic rings. The van der Waals surface area contributed by atoms with E-state index in [1.165, 1.54) is 154 Å². The topological polar surface area (TPSA) is 76.7 Å². The number of amides is 2. The first kappa shape index (κ1) is 45.5. The standard InChI is InChI=1S/C42H83N3O4/c1-9-11-13-15-17-19-21-23-25-27-29-31-33-45(34-32-30-28-26-24-22-20-18-16-14-12-10-2)35-37(43-39(46)48-41(3,4)5)38(36-45)44-40(47)49-42(6,7)8/h37-38H,9-36H2,1-8H3,(H-,43,44,46,47)/p+1/t37-,38-/m0/s1. The van der Waals surface area contributed by atoms with E-state index in [9.17, 15) is 9.59 Å². The van der Waals surface area contributed by atoms with E-state index in [0.717, 1.165) is 30.7 Å². The fraction of sp³-hybridized carbons (Fsp3) is 0.952. The lowest BCUT2D eigenvalue weighted by molar-refractivity contribution is -0.918. The second-order valence-electron chi connectivity index (χ2n) is 17.4. The van der Waals surface area contributed by atoms with Gasteiger partial charge in [0.15, 0.2) is 0 Å². The third kappa shape index (κ3) is 25.2. The molecule has 0 spiro atoms. The Bertz CT molecular complexity index is 767. The van der Waals surface area contributed by atoms with Gasteiger partial charge in [0.1, 0.15) is 36.4 Å². The number of alkyl carbamates (subject to hydrolysis) is 2. The number of likely N-dealkylation sites (tertiary alicyclic amines) is 1. The van der Waals surface area contributed by atoms with Crippen molar-refractivity contribution >= 4 is 12.2 Å². The summed E-state index contributed by atoms with van der Waals surface area (Å²) in [4.78, 5) is 25.9. The number of rotatable bonds is 28. The van der Waals surface area contributed by atoms with E-state index < -0.39 is 23.4 Å². The minimum absolute atomic E-state index is 0.197. The molecule has 7 nitrogen and oxygen atoms in total. The average Bonchev–Trinajstić information content (AvgIpc) is 3.32. The Morgan fingerprint density at radius 2 is 0.714 bits per heavy atom. The van der Waals surface area contributed by atoms with Crippen molar-refractivity contribution in [2.45, 2.75) is 233 Å². The van der Waals surface area contributed by atoms with Crippen LogP contribution in [0.15, 0.2) is 0 Å². The maximum Gasteiger partial charge on any atom is 0.408 e. The minimum atomic E-state index is -0.577. The van der Waals surface area contributed by atoms with Crippen LogP contribution in [0, 0.1) is 0 Å². The maximum atomic E-state index is 12.9. The van der Waals surface area contributed by atoms with Crippen molar-refractivity contribution in [3.05, 3.63) is 0 Å². The minimum Gasteiger partial charge on any atom is -0.444 e. The van der Waals surface area contributed by atoms with Gasteiger partial charge in [-0.3, -0.25) is 0 Å². The number of quaternary nitrogens is 1. The molecule has 1 heterocycles. The number of carbonyl (C=O) groups excluding carboxylic acids is 2. The molecule has 1 fully saturated rings. The van der Waals surface area contributed by atoms with E-state index in [0.29, 0.717) is 0 Å². The molecule has 0 saturated carbocycles. The van der Waals surface area contributed by atoms with Crippen molar-refractivity contribution in [2.75, 3.05) is 26.2 Å². The summed E-state index contributed by atoms with van der Waals surface area (Å²) in [5.74, 6) is 0. The zero-order valence-corrected chi connectivity index (χ0v) is 34.0. The van der Waals surface area contributed by atoms with Crippen LogP contribution in [0.4, 0.5) is 9.59 Å². The molecule has 0 aromatic heterocycles. The predicted octanol–water partition coefficient (Wildman–Crippen LogP) is 12.0. The van der Waals surface area contributed by atoms with E-state index in [-0.39, 0.29) is 12.1 Å². The Balaban J connectivity index is 2.73. The number of carbonyl (C=O) groups is 2. The zero-order chi connectivity index (χ0) is 36.4. The van der Waals surface area contributed by atoms with Crippen LogP contribution >= 0.6 is 0 Å². The molecule has 7 heteroatoms. The van der Waals surface area contributed by atoms with Crippen molar-refractivity contribution in [1.29, 1.82) is 0 Å². The van der Waals surface area contributed by atoms with Gasteiger partial charge in [-0.1, -0.05) is 142 Å². The van der Waals surface area contributed by atoms with Crippen LogP contribution in [-0.2, 0) is 9.47 Å². The summed E-state index contributed by atoms with van der Waals surface area (Å²) in [6, 6.07) is -0.394. The van der Waals surface area contributed by atoms with E-state index in [1.54, 1.807) is 0 Å². The molecule has 49 heavy (non-hydrogen) atoms. The van der Waals surface area contributed by atoms with Gasteiger partial charge in [-0.15, -0.1) is 0 Å². The van der Waals surface area contributed by atoms with Gasteiger partial charge >= 0.3 is 12.2 Å². The number of unbranched alkanes of at least 4 members (excludes halogenated alkanes) is 22. The number of nitrogens with zero attached hydrogens (tertiary/aromatic N) is 1. The monoisotopic (exact) mass is 695 g/mol. The van der Waals surface area contributed by atoms with Crippen LogP contribution in [0.5, 0.6) is 0 Å². The first-order chi connectivity index (χ1) is 23.3. The molecule has 2 atom stereocenters. The first-order valence-electron chi connectivity index (χ1n) is 21.1. The van der Waals surface area contributed by atoms with E-state index >= 15 is 0 Å². The lowest BCUT2D eigenvalue weighted by Crippen LogP contribution is -2.52. The average molecular weight is 695 g/mol. The van der Waals surface area contributed by atoms with Gasteiger partial charge in [0.25, 0.3) is 0 Å². The van der Waals surface area contributed by atoms with Crippen molar-refractivity contribution in [3.63, 3.8) is 0 Å². The largest absolute Gasteiger partial charge is 0.444 e. The second kappa shape index (κ2) is 26.3. The summed E-state index contributed by atoms with van der Waals surface area (Å²) in [6.45, 7) is 19.7. The summed E-state index contributed by atoms with van der Waals surface area (Å²) in [5, 5.41) is 6.31. The molecule has 2 N–H and O–H groups in total. The van der Waals surface area contributed by atoms with Crippen molar-refractivity contribution < 1.29 is 23.5 Å². The second-order valence-corrected chi connectivity index (χ2v) is 17.4. The normalized spacial score (nSPS) is 17.6. The molecule has 290 valence electrons. The molecule has 0 radical (unpaired) electrons. The van der Waals surface area contributed by atoms with Crippen LogP contribution in [0.1, 0.15) is 209 Å². The van der Waals surface area contributed by atoms with Crippen LogP contribution in [0.25, 0.3) is 0 Å². The van der Waals surface area contributed by atoms with Gasteiger partial charge in [-0.25, -0.2) is 9.59 Å². The summed E-state index contributed by atoms with van der Waals surface area (Å²) >= 11 is 0. The molecule has 0 bridgehead atoms. The number of hydrogen-bond donors (Lipinski definition) is 2. The Kier molecular flexibility index (Phi) is 24.4. The molecule has 0 aromatic carbocycles. The molecule has 1 aliphatic heterocycles. The van der Waals surface area contributed by atoms with E-state index in [2.05, 4.69) is 24.5 Å². The third-order valence-electron chi connectivity index (χ3n) is 10.0. The molecule has 0 unspecified atom stereocenters. The van der Waals surface area contributed by atoms with Crippen molar-refractivity contribution in [3.8, 4) is 0 Å². The van der Waals surface area contributed by atoms with Gasteiger partial charge in [0.2, 0.25) is 0 Å². The molecule has 1 rings (SSSR count). The van der Waals surface area contributed by atoms with Gasteiger partial charge in [0.05, 0.1) is 13.1 Å². The van der Waals surface area contributed by atoms with Crippen molar-refractivity contribution in [2.24, 2.45) is 0 Å². The Labute approximate surface area is 304 Å². The highest BCUT2D eigenvalue weighted by Crippen LogP contribution is 2.26. The fourth-order valence-electron chi connectivity index (χ4n) is 7.43. The quantitative estimate of drug-likeness (QED) is 0.0631. The molecular weight excluding hydrogens is 610 g/mol. The van der Waals surface area contributed by atoms with Crippen LogP contribution in [0.3, 0.4) is 0 Å². The highest BCUT2D eigenvalue weighted by atomic mass is 16.6. The summed E-state index contributed by atoms with van der Waals surface area (Å²) < 4.78 is 12.3. The summed E-state index contributed by atoms with van der Waals surface area (Å²) in [5.41, 5.74) is -1.15. The summed E-state index contributed by atoms with van der Waals surface area (Å²) in [7, 11) is 0. The fourth-order valence-corrected chi connectivity index (χ4v) is 7.43. The van der Waals surface area contributed by atoms with Crippen LogP contribution < -0.4 is 10.6 Å². The molecule has 0 aliphatic carbocycles. The number of ether oxygens (including phenoxy) is 2. The van der Waals surface area contributed by atoms with Gasteiger partial charge < -0.3 is 24.6 Å². The molecular formula is C42H84N3O4+. The van der Waals surface area contributed by atoms with Gasteiger partial charge in [-0.2, -0.15) is 0 Å². The molecule has 1 aliphatic rings. The van der Waals surface area contributed by atoms with Gasteiger partial charge in [-0.05, 0) is 67.2 Å². The maximum absolute atomic E-state index is 12.9. The lowest BCUT2D eigenvalue weighted by atomic mass is 10.0. The Morgan fingerprint density at radius 3 is 0.959 bits per heavy atom. The Hall–Kier alpha value is -1.50. The molecule has 2 amide bonds. The SMILES string of the molecule is CCCCCCCCCCCCCC[N+]1(CCCCCCCCCCCCCC)C[C@H](NC(=O)OC(C)(C)C)[C@@H](NC(=O)OC(C)(C)C)C1. The smallest absolute Gasteiger partial charge is 0.408 e. The molecule has 1 saturated heterocycles. The van der Waals surface area contributed by atoms with Gasteiger partial charge in [0, 0.05) is 0 Å². The first-order valence-corrected chi connectivity index (χ1v) is 21.1.